The lowest BCUT2D eigenvalue weighted by Crippen LogP contribution is -2.33. The monoisotopic (exact) mass is 228 g/mol. The Kier molecular flexibility index (Phi) is 4.61. The minimum atomic E-state index is -0.399. The lowest BCUT2D eigenvalue weighted by Gasteiger charge is -2.31. The standard InChI is InChI=1S/C14H28O2/c1-12(2,3)9-14(7,8)11(15)16-10-13(4,5)6/h9-10H2,1-8H3. The summed E-state index contributed by atoms with van der Waals surface area (Å²) >= 11 is 0. The molecule has 0 N–H and O–H groups in total. The fraction of sp³-hybridized carbons (Fsp3) is 0.929. The van der Waals surface area contributed by atoms with Crippen LogP contribution in [-0.2, 0) is 9.53 Å². The lowest BCUT2D eigenvalue weighted by molar-refractivity contribution is -0.158. The number of hydrogen-bond donors (Lipinski definition) is 0. The van der Waals surface area contributed by atoms with Crippen LogP contribution in [0.2, 0.25) is 0 Å². The summed E-state index contributed by atoms with van der Waals surface area (Å²) < 4.78 is 5.38. The maximum atomic E-state index is 12.0. The minimum Gasteiger partial charge on any atom is -0.465 e. The molecule has 0 rings (SSSR count). The predicted octanol–water partition coefficient (Wildman–Crippen LogP) is 4.04. The molecule has 0 amide bonds. The van der Waals surface area contributed by atoms with Crippen molar-refractivity contribution in [3.63, 3.8) is 0 Å². The topological polar surface area (TPSA) is 26.3 Å². The second kappa shape index (κ2) is 4.77. The van der Waals surface area contributed by atoms with E-state index < -0.39 is 5.41 Å². The van der Waals surface area contributed by atoms with Crippen molar-refractivity contribution in [1.82, 2.24) is 0 Å². The van der Waals surface area contributed by atoms with E-state index in [1.54, 1.807) is 0 Å². The molecule has 0 aliphatic carbocycles. The highest BCUT2D eigenvalue weighted by Gasteiger charge is 2.34. The molecular weight excluding hydrogens is 200 g/mol. The molecule has 0 aliphatic heterocycles. The van der Waals surface area contributed by atoms with Crippen LogP contribution in [0.15, 0.2) is 0 Å². The van der Waals surface area contributed by atoms with Gasteiger partial charge >= 0.3 is 5.97 Å². The van der Waals surface area contributed by atoms with Gasteiger partial charge in [0.05, 0.1) is 12.0 Å². The molecule has 0 atom stereocenters. The molecule has 0 heterocycles. The SMILES string of the molecule is CC(C)(C)COC(=O)C(C)(C)CC(C)(C)C. The van der Waals surface area contributed by atoms with E-state index in [1.165, 1.54) is 0 Å². The number of esters is 1. The normalized spacial score (nSPS) is 13.8. The molecule has 96 valence electrons. The van der Waals surface area contributed by atoms with Gasteiger partial charge in [0.2, 0.25) is 0 Å². The van der Waals surface area contributed by atoms with Crippen molar-refractivity contribution in [2.24, 2.45) is 16.2 Å². The van der Waals surface area contributed by atoms with Crippen LogP contribution in [0.25, 0.3) is 0 Å². The van der Waals surface area contributed by atoms with Gasteiger partial charge < -0.3 is 4.74 Å². The summed E-state index contributed by atoms with van der Waals surface area (Å²) in [7, 11) is 0. The van der Waals surface area contributed by atoms with Crippen molar-refractivity contribution in [1.29, 1.82) is 0 Å². The Bertz CT molecular complexity index is 238. The smallest absolute Gasteiger partial charge is 0.311 e. The van der Waals surface area contributed by atoms with Crippen molar-refractivity contribution in [2.75, 3.05) is 6.61 Å². The van der Waals surface area contributed by atoms with Crippen LogP contribution >= 0.6 is 0 Å². The summed E-state index contributed by atoms with van der Waals surface area (Å²) in [5.74, 6) is -0.0858. The van der Waals surface area contributed by atoms with E-state index >= 15 is 0 Å². The Labute approximate surface area is 101 Å². The van der Waals surface area contributed by atoms with E-state index in [1.807, 2.05) is 13.8 Å². The molecule has 0 radical (unpaired) electrons. The van der Waals surface area contributed by atoms with Gasteiger partial charge in [-0.3, -0.25) is 4.79 Å². The van der Waals surface area contributed by atoms with Crippen LogP contribution in [0.4, 0.5) is 0 Å². The predicted molar refractivity (Wildman–Crippen MR) is 68.3 cm³/mol. The maximum Gasteiger partial charge on any atom is 0.311 e. The molecule has 2 nitrogen and oxygen atoms in total. The third-order valence-corrected chi connectivity index (χ3v) is 2.16. The van der Waals surface area contributed by atoms with Crippen molar-refractivity contribution in [2.45, 2.75) is 61.8 Å². The summed E-state index contributed by atoms with van der Waals surface area (Å²) in [6.45, 7) is 17.0. The van der Waals surface area contributed by atoms with Gasteiger partial charge in [-0.2, -0.15) is 0 Å². The van der Waals surface area contributed by atoms with Gasteiger partial charge in [-0.05, 0) is 31.1 Å². The lowest BCUT2D eigenvalue weighted by atomic mass is 9.76. The van der Waals surface area contributed by atoms with Crippen molar-refractivity contribution >= 4 is 5.97 Å². The van der Waals surface area contributed by atoms with Crippen LogP contribution in [0, 0.1) is 16.2 Å². The molecule has 0 bridgehead atoms. The number of rotatable bonds is 3. The Morgan fingerprint density at radius 3 is 1.62 bits per heavy atom. The maximum absolute atomic E-state index is 12.0. The third-order valence-electron chi connectivity index (χ3n) is 2.16. The van der Waals surface area contributed by atoms with Crippen molar-refractivity contribution in [3.8, 4) is 0 Å². The first-order valence-electron chi connectivity index (χ1n) is 6.01. The van der Waals surface area contributed by atoms with Crippen molar-refractivity contribution < 1.29 is 9.53 Å². The quantitative estimate of drug-likeness (QED) is 0.681. The zero-order valence-corrected chi connectivity index (χ0v) is 12.2. The summed E-state index contributed by atoms with van der Waals surface area (Å²) in [6.07, 6.45) is 0.836. The van der Waals surface area contributed by atoms with E-state index in [4.69, 9.17) is 4.74 Å². The number of carbonyl (C=O) groups is 1. The fourth-order valence-electron chi connectivity index (χ4n) is 1.88. The van der Waals surface area contributed by atoms with Gasteiger partial charge in [0.25, 0.3) is 0 Å². The Hall–Kier alpha value is -0.530. The van der Waals surface area contributed by atoms with Gasteiger partial charge in [-0.15, -0.1) is 0 Å². The zero-order chi connectivity index (χ0) is 13.2. The van der Waals surface area contributed by atoms with Crippen LogP contribution in [0.1, 0.15) is 61.8 Å². The fourth-order valence-corrected chi connectivity index (χ4v) is 1.88. The highest BCUT2D eigenvalue weighted by Crippen LogP contribution is 2.34. The van der Waals surface area contributed by atoms with Gasteiger partial charge in [-0.25, -0.2) is 0 Å². The molecule has 0 aliphatic rings. The summed E-state index contributed by atoms with van der Waals surface area (Å²) in [5, 5.41) is 0. The Morgan fingerprint density at radius 1 is 0.875 bits per heavy atom. The first-order chi connectivity index (χ1) is 6.83. The molecule has 0 saturated carbocycles. The summed E-state index contributed by atoms with van der Waals surface area (Å²) in [6, 6.07) is 0. The largest absolute Gasteiger partial charge is 0.465 e. The second-order valence-electron chi connectivity index (χ2n) is 7.76. The summed E-state index contributed by atoms with van der Waals surface area (Å²) in [4.78, 5) is 12.0. The Balaban J connectivity index is 4.37. The number of carbonyl (C=O) groups excluding carboxylic acids is 1. The van der Waals surface area contributed by atoms with Gasteiger partial charge in [0, 0.05) is 0 Å². The molecule has 0 unspecified atom stereocenters. The van der Waals surface area contributed by atoms with E-state index in [0.29, 0.717) is 6.61 Å². The van der Waals surface area contributed by atoms with Gasteiger partial charge in [0.15, 0.2) is 0 Å². The van der Waals surface area contributed by atoms with Gasteiger partial charge in [0.1, 0.15) is 0 Å². The molecule has 0 fully saturated rings. The Morgan fingerprint density at radius 2 is 1.31 bits per heavy atom. The van der Waals surface area contributed by atoms with Crippen LogP contribution < -0.4 is 0 Å². The minimum absolute atomic E-state index is 0.0352. The first-order valence-corrected chi connectivity index (χ1v) is 6.01. The molecule has 0 aromatic carbocycles. The highest BCUT2D eigenvalue weighted by atomic mass is 16.5. The van der Waals surface area contributed by atoms with Gasteiger partial charge in [-0.1, -0.05) is 41.5 Å². The average Bonchev–Trinajstić information content (AvgIpc) is 1.93. The molecule has 2 heteroatoms. The second-order valence-corrected chi connectivity index (χ2v) is 7.76. The summed E-state index contributed by atoms with van der Waals surface area (Å²) in [5.41, 5.74) is -0.221. The van der Waals surface area contributed by atoms with Crippen molar-refractivity contribution in [3.05, 3.63) is 0 Å². The molecule has 0 spiro atoms. The van der Waals surface area contributed by atoms with E-state index in [2.05, 4.69) is 41.5 Å². The number of hydrogen-bond acceptors (Lipinski definition) is 2. The molecule has 0 aromatic heterocycles. The highest BCUT2D eigenvalue weighted by molar-refractivity contribution is 5.75. The van der Waals surface area contributed by atoms with E-state index in [9.17, 15) is 4.79 Å². The van der Waals surface area contributed by atoms with Crippen LogP contribution in [0.3, 0.4) is 0 Å². The zero-order valence-electron chi connectivity index (χ0n) is 12.2. The molecule has 0 saturated heterocycles. The molecule has 16 heavy (non-hydrogen) atoms. The third kappa shape index (κ3) is 6.86. The first kappa shape index (κ1) is 15.5. The molecule has 0 aromatic rings. The number of ether oxygens (including phenoxy) is 1. The van der Waals surface area contributed by atoms with Crippen LogP contribution in [-0.4, -0.2) is 12.6 Å². The van der Waals surface area contributed by atoms with Crippen LogP contribution in [0.5, 0.6) is 0 Å². The molecular formula is C14H28O2. The average molecular weight is 228 g/mol. The van der Waals surface area contributed by atoms with E-state index in [-0.39, 0.29) is 16.8 Å². The van der Waals surface area contributed by atoms with E-state index in [0.717, 1.165) is 6.42 Å².